The number of nitrogens with one attached hydrogen (secondary N) is 1. The Morgan fingerprint density at radius 1 is 1.02 bits per heavy atom. The van der Waals surface area contributed by atoms with E-state index in [1.807, 2.05) is 26.8 Å². The summed E-state index contributed by atoms with van der Waals surface area (Å²) in [5, 5.41) is 14.0. The number of benzene rings is 1. The van der Waals surface area contributed by atoms with Crippen LogP contribution in [-0.2, 0) is 20.7 Å². The number of nitrogens with two attached hydrogens (primary N) is 1. The van der Waals surface area contributed by atoms with Crippen LogP contribution in [0.25, 0.3) is 0 Å². The molecule has 230 valence electrons. The van der Waals surface area contributed by atoms with Crippen molar-refractivity contribution < 1.29 is 28.9 Å². The van der Waals surface area contributed by atoms with Crippen LogP contribution >= 0.6 is 0 Å². The molecular formula is C32H56N2O6. The van der Waals surface area contributed by atoms with Gasteiger partial charge in [0.2, 0.25) is 11.8 Å². The molecule has 8 nitrogen and oxygen atoms in total. The predicted octanol–water partition coefficient (Wildman–Crippen LogP) is 4.99. The number of aliphatic hydroxyl groups is 1. The van der Waals surface area contributed by atoms with E-state index in [1.165, 1.54) is 0 Å². The normalized spacial score (nSPS) is 15.0. The molecule has 0 spiro atoms. The highest BCUT2D eigenvalue weighted by Crippen LogP contribution is 2.33. The van der Waals surface area contributed by atoms with Crippen LogP contribution in [0.5, 0.6) is 11.5 Å². The zero-order valence-corrected chi connectivity index (χ0v) is 26.4. The minimum Gasteiger partial charge on any atom is -0.493 e. The first-order valence-electron chi connectivity index (χ1n) is 14.9. The fraction of sp³-hybridized carbons (Fsp3) is 0.750. The van der Waals surface area contributed by atoms with Crippen LogP contribution in [0.1, 0.15) is 80.2 Å². The summed E-state index contributed by atoms with van der Waals surface area (Å²) in [4.78, 5) is 24.6. The Morgan fingerprint density at radius 3 is 2.25 bits per heavy atom. The van der Waals surface area contributed by atoms with Gasteiger partial charge < -0.3 is 30.4 Å². The lowest BCUT2D eigenvalue weighted by Gasteiger charge is -2.31. The number of aliphatic hydroxyl groups excluding tert-OH is 1. The van der Waals surface area contributed by atoms with Crippen molar-refractivity contribution in [3.8, 4) is 11.5 Å². The first kappa shape index (κ1) is 35.7. The summed E-state index contributed by atoms with van der Waals surface area (Å²) in [6.45, 7) is 17.9. The van der Waals surface area contributed by atoms with E-state index in [2.05, 4.69) is 38.2 Å². The monoisotopic (exact) mass is 564 g/mol. The van der Waals surface area contributed by atoms with Crippen molar-refractivity contribution in [1.82, 2.24) is 5.32 Å². The van der Waals surface area contributed by atoms with Crippen molar-refractivity contribution in [3.63, 3.8) is 0 Å². The van der Waals surface area contributed by atoms with Gasteiger partial charge in [-0.05, 0) is 81.4 Å². The van der Waals surface area contributed by atoms with Crippen molar-refractivity contribution in [2.45, 2.75) is 87.2 Å². The van der Waals surface area contributed by atoms with E-state index in [9.17, 15) is 14.7 Å². The quantitative estimate of drug-likeness (QED) is 0.192. The Morgan fingerprint density at radius 2 is 1.70 bits per heavy atom. The number of hydrogen-bond donors (Lipinski definition) is 3. The summed E-state index contributed by atoms with van der Waals surface area (Å²) < 4.78 is 16.9. The molecule has 8 heteroatoms. The maximum Gasteiger partial charge on any atom is 0.224 e. The molecule has 0 bridgehead atoms. The summed E-state index contributed by atoms with van der Waals surface area (Å²) in [5.74, 6) is 1.28. The highest BCUT2D eigenvalue weighted by molar-refractivity contribution is 5.83. The Hall–Kier alpha value is -2.32. The number of rotatable bonds is 20. The number of hydrogen-bond acceptors (Lipinski definition) is 6. The first-order chi connectivity index (χ1) is 18.7. The molecule has 2 amide bonds. The van der Waals surface area contributed by atoms with Gasteiger partial charge in [-0.15, -0.1) is 0 Å². The molecule has 0 fully saturated rings. The largest absolute Gasteiger partial charge is 0.493 e. The van der Waals surface area contributed by atoms with Gasteiger partial charge in [-0.25, -0.2) is 0 Å². The zero-order chi connectivity index (χ0) is 30.5. The van der Waals surface area contributed by atoms with E-state index in [-0.39, 0.29) is 30.2 Å². The molecule has 0 saturated heterocycles. The Bertz CT molecular complexity index is 901. The number of methoxy groups -OCH3 is 1. The van der Waals surface area contributed by atoms with Crippen LogP contribution in [0, 0.1) is 35.0 Å². The Kier molecular flexibility index (Phi) is 15.6. The molecule has 1 aromatic carbocycles. The summed E-state index contributed by atoms with van der Waals surface area (Å²) in [6, 6.07) is 6.09. The van der Waals surface area contributed by atoms with Gasteiger partial charge in [-0.3, -0.25) is 9.59 Å². The first-order valence-corrected chi connectivity index (χ1v) is 14.9. The number of amides is 2. The third-order valence-electron chi connectivity index (χ3n) is 7.90. The fourth-order valence-corrected chi connectivity index (χ4v) is 4.68. The summed E-state index contributed by atoms with van der Waals surface area (Å²) in [7, 11) is 1.64. The second-order valence-electron chi connectivity index (χ2n) is 12.4. The van der Waals surface area contributed by atoms with Crippen LogP contribution in [0.4, 0.5) is 0 Å². The molecule has 1 rings (SSSR count). The molecule has 4 unspecified atom stereocenters. The van der Waals surface area contributed by atoms with Gasteiger partial charge in [0, 0.05) is 32.1 Å². The second kappa shape index (κ2) is 17.5. The molecular weight excluding hydrogens is 508 g/mol. The molecule has 0 aliphatic rings. The molecule has 0 radical (unpaired) electrons. The van der Waals surface area contributed by atoms with Crippen LogP contribution < -0.4 is 20.5 Å². The van der Waals surface area contributed by atoms with E-state index in [0.717, 1.165) is 30.6 Å². The van der Waals surface area contributed by atoms with Gasteiger partial charge in [-0.2, -0.15) is 0 Å². The highest BCUT2D eigenvalue weighted by atomic mass is 16.5. The minimum atomic E-state index is -0.830. The van der Waals surface area contributed by atoms with Crippen LogP contribution in [0.3, 0.4) is 0 Å². The molecule has 0 saturated carbocycles. The summed E-state index contributed by atoms with van der Waals surface area (Å²) in [6.07, 6.45) is 2.24. The molecule has 4 atom stereocenters. The average Bonchev–Trinajstić information content (AvgIpc) is 2.89. The van der Waals surface area contributed by atoms with E-state index in [1.54, 1.807) is 21.0 Å². The van der Waals surface area contributed by atoms with Crippen molar-refractivity contribution in [2.24, 2.45) is 40.7 Å². The number of primary amides is 1. The average molecular weight is 565 g/mol. The predicted molar refractivity (Wildman–Crippen MR) is 160 cm³/mol. The lowest BCUT2D eigenvalue weighted by molar-refractivity contribution is -0.130. The van der Waals surface area contributed by atoms with Gasteiger partial charge in [-0.1, -0.05) is 40.7 Å². The van der Waals surface area contributed by atoms with Gasteiger partial charge in [0.05, 0.1) is 25.2 Å². The molecule has 0 heterocycles. The van der Waals surface area contributed by atoms with Gasteiger partial charge in [0.15, 0.2) is 11.5 Å². The summed E-state index contributed by atoms with van der Waals surface area (Å²) >= 11 is 0. The van der Waals surface area contributed by atoms with Crippen molar-refractivity contribution >= 4 is 11.8 Å². The highest BCUT2D eigenvalue weighted by Gasteiger charge is 2.31. The van der Waals surface area contributed by atoms with Gasteiger partial charge in [0.25, 0.3) is 0 Å². The SMILES string of the molecule is CCOCCCOc1cc(CC(CC(C)C(O)CC(C(=O)NCC(C)(C)C(N)=O)C(C)C)C(C)C)ccc1OC. The van der Waals surface area contributed by atoms with Crippen LogP contribution in [0.2, 0.25) is 0 Å². The van der Waals surface area contributed by atoms with Crippen LogP contribution in [0.15, 0.2) is 18.2 Å². The summed E-state index contributed by atoms with van der Waals surface area (Å²) in [5.41, 5.74) is 5.79. The van der Waals surface area contributed by atoms with E-state index < -0.39 is 17.4 Å². The smallest absolute Gasteiger partial charge is 0.224 e. The standard InChI is InChI=1S/C32H56N2O6/c1-10-39-14-11-15-40-29-18-24(12-13-28(29)38-9)17-25(21(2)3)16-23(6)27(35)19-26(22(4)5)30(36)34-20-32(7,8)31(33)37/h12-13,18,21-23,25-27,35H,10-11,14-17,19-20H2,1-9H3,(H2,33,37)(H,34,36). The molecule has 0 aromatic heterocycles. The zero-order valence-electron chi connectivity index (χ0n) is 26.4. The topological polar surface area (TPSA) is 120 Å². The second-order valence-corrected chi connectivity index (χ2v) is 12.4. The van der Waals surface area contributed by atoms with E-state index >= 15 is 0 Å². The maximum absolute atomic E-state index is 13.0. The molecule has 0 aliphatic carbocycles. The Balaban J connectivity index is 2.85. The molecule has 0 aliphatic heterocycles. The van der Waals surface area contributed by atoms with Crippen molar-refractivity contribution in [2.75, 3.05) is 33.5 Å². The number of carbonyl (C=O) groups is 2. The maximum atomic E-state index is 13.0. The van der Waals surface area contributed by atoms with Crippen molar-refractivity contribution in [3.05, 3.63) is 23.8 Å². The third kappa shape index (κ3) is 12.0. The lowest BCUT2D eigenvalue weighted by Crippen LogP contribution is -2.45. The van der Waals surface area contributed by atoms with Gasteiger partial charge in [0.1, 0.15) is 0 Å². The molecule has 1 aromatic rings. The fourth-order valence-electron chi connectivity index (χ4n) is 4.68. The molecule has 4 N–H and O–H groups in total. The third-order valence-corrected chi connectivity index (χ3v) is 7.90. The molecule has 40 heavy (non-hydrogen) atoms. The van der Waals surface area contributed by atoms with E-state index in [0.29, 0.717) is 43.8 Å². The van der Waals surface area contributed by atoms with Crippen molar-refractivity contribution in [1.29, 1.82) is 0 Å². The minimum absolute atomic E-state index is 0.0102. The van der Waals surface area contributed by atoms with Gasteiger partial charge >= 0.3 is 0 Å². The number of ether oxygens (including phenoxy) is 3. The van der Waals surface area contributed by atoms with E-state index in [4.69, 9.17) is 19.9 Å². The lowest BCUT2D eigenvalue weighted by atomic mass is 9.78. The Labute approximate surface area is 242 Å². The number of carbonyl (C=O) groups excluding carboxylic acids is 2. The van der Waals surface area contributed by atoms with Crippen LogP contribution in [-0.4, -0.2) is 56.5 Å².